The van der Waals surface area contributed by atoms with Gasteiger partial charge in [-0.05, 0) is 24.5 Å². The summed E-state index contributed by atoms with van der Waals surface area (Å²) in [5, 5.41) is 0. The number of carbonyl (C=O) groups is 1. The van der Waals surface area contributed by atoms with Crippen LogP contribution in [0, 0.1) is 0 Å². The normalized spacial score (nSPS) is 21.2. The maximum absolute atomic E-state index is 13.2. The minimum absolute atomic E-state index is 0.0120. The van der Waals surface area contributed by atoms with E-state index in [4.69, 9.17) is 4.74 Å². The minimum Gasteiger partial charge on any atom is -0.455 e. The lowest BCUT2D eigenvalue weighted by atomic mass is 9.76. The van der Waals surface area contributed by atoms with Gasteiger partial charge in [0, 0.05) is 6.42 Å². The molecular weight excluding hydrogens is 298 g/mol. The number of quaternary nitrogens is 1. The van der Waals surface area contributed by atoms with Crippen molar-refractivity contribution >= 4 is 5.97 Å². The van der Waals surface area contributed by atoms with Crippen LogP contribution in [0.2, 0.25) is 0 Å². The quantitative estimate of drug-likeness (QED) is 0.874. The van der Waals surface area contributed by atoms with Crippen LogP contribution in [0.3, 0.4) is 0 Å². The lowest BCUT2D eigenvalue weighted by Gasteiger charge is -2.33. The molecule has 1 saturated heterocycles. The van der Waals surface area contributed by atoms with Crippen molar-refractivity contribution in [1.82, 2.24) is 0 Å². The molecule has 24 heavy (non-hydrogen) atoms. The Bertz CT molecular complexity index is 629. The van der Waals surface area contributed by atoms with Crippen LogP contribution >= 0.6 is 0 Å². The number of rotatable bonds is 4. The molecule has 0 spiro atoms. The number of likely N-dealkylation sites (N-methyl/N-ethyl adjacent to an activating group) is 1. The Balaban J connectivity index is 1.91. The fourth-order valence-electron chi connectivity index (χ4n) is 3.54. The third-order valence-corrected chi connectivity index (χ3v) is 5.09. The number of piperidine rings is 1. The molecule has 126 valence electrons. The van der Waals surface area contributed by atoms with Crippen molar-refractivity contribution in [2.45, 2.75) is 31.3 Å². The summed E-state index contributed by atoms with van der Waals surface area (Å²) in [4.78, 5) is 14.6. The van der Waals surface area contributed by atoms with E-state index in [2.05, 4.69) is 7.05 Å². The fourth-order valence-corrected chi connectivity index (χ4v) is 3.54. The van der Waals surface area contributed by atoms with Crippen LogP contribution in [0.5, 0.6) is 0 Å². The maximum Gasteiger partial charge on any atom is 0.321 e. The van der Waals surface area contributed by atoms with E-state index in [1.807, 2.05) is 67.6 Å². The Morgan fingerprint density at radius 3 is 2.08 bits per heavy atom. The highest BCUT2D eigenvalue weighted by Gasteiger charge is 2.40. The lowest BCUT2D eigenvalue weighted by molar-refractivity contribution is -0.888. The molecule has 0 aliphatic carbocycles. The number of hydrogen-bond acceptors (Lipinski definition) is 2. The number of nitrogens with one attached hydrogen (secondary N) is 1. The molecule has 1 unspecified atom stereocenters. The SMILES string of the molecule is C[NH+]1CCC[C@H](OC(=O)C(C)(c2ccccc2)c2ccccc2)C1. The van der Waals surface area contributed by atoms with Gasteiger partial charge in [0.2, 0.25) is 0 Å². The van der Waals surface area contributed by atoms with Crippen molar-refractivity contribution in [3.8, 4) is 0 Å². The average Bonchev–Trinajstić information content (AvgIpc) is 2.62. The van der Waals surface area contributed by atoms with Crippen LogP contribution in [0.1, 0.15) is 30.9 Å². The van der Waals surface area contributed by atoms with Gasteiger partial charge in [-0.15, -0.1) is 0 Å². The second-order valence-corrected chi connectivity index (χ2v) is 6.94. The highest BCUT2D eigenvalue weighted by Crippen LogP contribution is 2.33. The molecule has 1 fully saturated rings. The van der Waals surface area contributed by atoms with Crippen molar-refractivity contribution < 1.29 is 14.4 Å². The second kappa shape index (κ2) is 7.18. The zero-order valence-electron chi connectivity index (χ0n) is 14.5. The number of likely N-dealkylation sites (tertiary alicyclic amines) is 1. The van der Waals surface area contributed by atoms with Crippen LogP contribution in [-0.2, 0) is 14.9 Å². The van der Waals surface area contributed by atoms with Gasteiger partial charge in [0.15, 0.2) is 6.10 Å². The van der Waals surface area contributed by atoms with Gasteiger partial charge >= 0.3 is 5.97 Å². The topological polar surface area (TPSA) is 30.7 Å². The van der Waals surface area contributed by atoms with Crippen molar-refractivity contribution in [1.29, 1.82) is 0 Å². The summed E-state index contributed by atoms with van der Waals surface area (Å²) in [5.74, 6) is -0.153. The van der Waals surface area contributed by atoms with Gasteiger partial charge in [-0.25, -0.2) is 0 Å². The third-order valence-electron chi connectivity index (χ3n) is 5.09. The molecular formula is C21H26NO2+. The smallest absolute Gasteiger partial charge is 0.321 e. The largest absolute Gasteiger partial charge is 0.455 e. The molecule has 1 heterocycles. The van der Waals surface area contributed by atoms with Gasteiger partial charge in [-0.3, -0.25) is 4.79 Å². The highest BCUT2D eigenvalue weighted by atomic mass is 16.5. The monoisotopic (exact) mass is 324 g/mol. The zero-order valence-corrected chi connectivity index (χ0v) is 14.5. The maximum atomic E-state index is 13.2. The molecule has 1 N–H and O–H groups in total. The molecule has 2 aromatic rings. The van der Waals surface area contributed by atoms with E-state index in [0.717, 1.165) is 37.1 Å². The summed E-state index contributed by atoms with van der Waals surface area (Å²) in [6, 6.07) is 19.9. The molecule has 2 atom stereocenters. The average molecular weight is 324 g/mol. The fraction of sp³-hybridized carbons (Fsp3) is 0.381. The van der Waals surface area contributed by atoms with Gasteiger partial charge < -0.3 is 9.64 Å². The van der Waals surface area contributed by atoms with Crippen LogP contribution in [0.4, 0.5) is 0 Å². The van der Waals surface area contributed by atoms with Crippen molar-refractivity contribution in [3.05, 3.63) is 71.8 Å². The molecule has 1 aliphatic rings. The Morgan fingerprint density at radius 1 is 1.04 bits per heavy atom. The van der Waals surface area contributed by atoms with Crippen LogP contribution in [0.15, 0.2) is 60.7 Å². The van der Waals surface area contributed by atoms with E-state index in [1.165, 1.54) is 4.90 Å². The predicted octanol–water partition coefficient (Wildman–Crippen LogP) is 2.21. The second-order valence-electron chi connectivity index (χ2n) is 6.94. The molecule has 3 heteroatoms. The first-order valence-corrected chi connectivity index (χ1v) is 8.74. The van der Waals surface area contributed by atoms with Crippen molar-refractivity contribution in [2.24, 2.45) is 0 Å². The molecule has 3 nitrogen and oxygen atoms in total. The molecule has 0 saturated carbocycles. The number of ether oxygens (including phenoxy) is 1. The molecule has 3 rings (SSSR count). The molecule has 0 bridgehead atoms. The summed E-state index contributed by atoms with van der Waals surface area (Å²) in [7, 11) is 2.16. The van der Waals surface area contributed by atoms with Crippen molar-refractivity contribution in [2.75, 3.05) is 20.1 Å². The van der Waals surface area contributed by atoms with Gasteiger partial charge in [0.1, 0.15) is 12.0 Å². The van der Waals surface area contributed by atoms with E-state index in [0.29, 0.717) is 0 Å². The highest BCUT2D eigenvalue weighted by molar-refractivity contribution is 5.87. The summed E-state index contributed by atoms with van der Waals surface area (Å²) in [6.07, 6.45) is 2.08. The Kier molecular flexibility index (Phi) is 5.00. The van der Waals surface area contributed by atoms with Crippen LogP contribution in [-0.4, -0.2) is 32.2 Å². The number of benzene rings is 2. The van der Waals surface area contributed by atoms with Gasteiger partial charge in [-0.2, -0.15) is 0 Å². The summed E-state index contributed by atoms with van der Waals surface area (Å²) in [5.41, 5.74) is 1.16. The van der Waals surface area contributed by atoms with E-state index < -0.39 is 5.41 Å². The van der Waals surface area contributed by atoms with Gasteiger partial charge in [-0.1, -0.05) is 60.7 Å². The van der Waals surface area contributed by atoms with E-state index in [9.17, 15) is 4.79 Å². The first kappa shape index (κ1) is 16.7. The molecule has 0 amide bonds. The van der Waals surface area contributed by atoms with Gasteiger partial charge in [0.25, 0.3) is 0 Å². The Morgan fingerprint density at radius 2 is 1.58 bits per heavy atom. The lowest BCUT2D eigenvalue weighted by Crippen LogP contribution is -3.11. The van der Waals surface area contributed by atoms with Crippen LogP contribution < -0.4 is 4.90 Å². The predicted molar refractivity (Wildman–Crippen MR) is 95.1 cm³/mol. The summed E-state index contributed by atoms with van der Waals surface area (Å²) >= 11 is 0. The number of esters is 1. The Hall–Kier alpha value is -2.13. The van der Waals surface area contributed by atoms with Crippen LogP contribution in [0.25, 0.3) is 0 Å². The summed E-state index contributed by atoms with van der Waals surface area (Å²) in [6.45, 7) is 4.02. The first-order chi connectivity index (χ1) is 11.6. The minimum atomic E-state index is -0.784. The summed E-state index contributed by atoms with van der Waals surface area (Å²) < 4.78 is 5.98. The third kappa shape index (κ3) is 3.36. The van der Waals surface area contributed by atoms with E-state index in [-0.39, 0.29) is 12.1 Å². The Labute approximate surface area is 144 Å². The van der Waals surface area contributed by atoms with E-state index >= 15 is 0 Å². The standard InChI is InChI=1S/C21H25NO2/c1-21(17-10-5-3-6-11-17,18-12-7-4-8-13-18)20(23)24-19-14-9-15-22(2)16-19/h3-8,10-13,19H,9,14-16H2,1-2H3/p+1/t19-/m0/s1. The number of hydrogen-bond donors (Lipinski definition) is 1. The van der Waals surface area contributed by atoms with Gasteiger partial charge in [0.05, 0.1) is 13.6 Å². The van der Waals surface area contributed by atoms with Crippen molar-refractivity contribution in [3.63, 3.8) is 0 Å². The first-order valence-electron chi connectivity index (χ1n) is 8.74. The molecule has 2 aromatic carbocycles. The number of carbonyl (C=O) groups excluding carboxylic acids is 1. The molecule has 1 aliphatic heterocycles. The molecule has 0 aromatic heterocycles. The molecule has 0 radical (unpaired) electrons. The zero-order chi connectivity index (χ0) is 17.0. The van der Waals surface area contributed by atoms with E-state index in [1.54, 1.807) is 0 Å².